The Balaban J connectivity index is 2.34. The van der Waals surface area contributed by atoms with Gasteiger partial charge in [0.1, 0.15) is 0 Å². The van der Waals surface area contributed by atoms with Crippen molar-refractivity contribution in [2.24, 2.45) is 12.0 Å². The second kappa shape index (κ2) is 6.11. The minimum atomic E-state index is -4.70. The Hall–Kier alpha value is -2.84. The van der Waals surface area contributed by atoms with E-state index < -0.39 is 29.0 Å². The van der Waals surface area contributed by atoms with E-state index >= 15 is 0 Å². The van der Waals surface area contributed by atoms with Gasteiger partial charge in [-0.25, -0.2) is 4.79 Å². The van der Waals surface area contributed by atoms with Crippen molar-refractivity contribution < 1.29 is 22.7 Å². The van der Waals surface area contributed by atoms with Gasteiger partial charge in [-0.05, 0) is 24.3 Å². The van der Waals surface area contributed by atoms with Crippen LogP contribution >= 0.6 is 0 Å². The first-order valence-corrected chi connectivity index (χ1v) is 6.32. The number of aromatic amines is 1. The van der Waals surface area contributed by atoms with E-state index in [4.69, 9.17) is 0 Å². The van der Waals surface area contributed by atoms with Crippen LogP contribution in [0.3, 0.4) is 0 Å². The number of esters is 1. The number of nitrogens with zero attached hydrogens (tertiary/aromatic N) is 2. The highest BCUT2D eigenvalue weighted by Crippen LogP contribution is 2.28. The lowest BCUT2D eigenvalue weighted by Crippen LogP contribution is -2.15. The zero-order valence-electron chi connectivity index (χ0n) is 12.1. The monoisotopic (exact) mass is 327 g/mol. The smallest absolute Gasteiger partial charge is 0.433 e. The number of benzene rings is 1. The molecule has 6 nitrogen and oxygen atoms in total. The van der Waals surface area contributed by atoms with E-state index in [1.165, 1.54) is 38.4 Å². The average molecular weight is 327 g/mol. The fourth-order valence-electron chi connectivity index (χ4n) is 1.84. The number of halogens is 3. The number of aliphatic imine (C=N–C) groups is 1. The summed E-state index contributed by atoms with van der Waals surface area (Å²) in [7, 11) is 2.41. The Morgan fingerprint density at radius 2 is 1.91 bits per heavy atom. The number of methoxy groups -OCH3 is 1. The molecule has 0 unspecified atom stereocenters. The summed E-state index contributed by atoms with van der Waals surface area (Å²) >= 11 is 0. The molecule has 2 aromatic rings. The number of hydrogen-bond acceptors (Lipinski definition) is 4. The quantitative estimate of drug-likeness (QED) is 0.694. The van der Waals surface area contributed by atoms with Gasteiger partial charge in [-0.15, -0.1) is 0 Å². The van der Waals surface area contributed by atoms with Crippen LogP contribution in [0.5, 0.6) is 0 Å². The number of carbonyl (C=O) groups excluding carboxylic acids is 1. The normalized spacial score (nSPS) is 11.9. The molecule has 0 radical (unpaired) electrons. The number of hydrogen-bond donors (Lipinski definition) is 1. The molecule has 0 bridgehead atoms. The second-order valence-electron chi connectivity index (χ2n) is 4.56. The summed E-state index contributed by atoms with van der Waals surface area (Å²) in [4.78, 5) is 26.8. The molecular formula is C14H12F3N3O3. The van der Waals surface area contributed by atoms with Crippen LogP contribution in [0.4, 0.5) is 18.9 Å². The van der Waals surface area contributed by atoms with Crippen molar-refractivity contribution in [3.8, 4) is 0 Å². The first-order valence-electron chi connectivity index (χ1n) is 6.32. The van der Waals surface area contributed by atoms with E-state index in [1.54, 1.807) is 0 Å². The number of aromatic nitrogens is 2. The molecule has 0 aliphatic heterocycles. The maximum atomic E-state index is 12.9. The molecule has 1 heterocycles. The summed E-state index contributed by atoms with van der Waals surface area (Å²) in [5, 5.41) is 1.95. The number of carbonyl (C=O) groups is 1. The molecule has 0 saturated carbocycles. The van der Waals surface area contributed by atoms with Crippen molar-refractivity contribution >= 4 is 17.9 Å². The van der Waals surface area contributed by atoms with Crippen molar-refractivity contribution in [2.75, 3.05) is 7.11 Å². The molecule has 0 atom stereocenters. The van der Waals surface area contributed by atoms with Gasteiger partial charge < -0.3 is 4.74 Å². The summed E-state index contributed by atoms with van der Waals surface area (Å²) in [5.74, 6) is -0.542. The van der Waals surface area contributed by atoms with Crippen LogP contribution in [0.1, 0.15) is 21.6 Å². The van der Waals surface area contributed by atoms with Crippen molar-refractivity contribution in [3.63, 3.8) is 0 Å². The number of alkyl halides is 3. The molecule has 23 heavy (non-hydrogen) atoms. The van der Waals surface area contributed by atoms with Gasteiger partial charge in [0.25, 0.3) is 5.56 Å². The van der Waals surface area contributed by atoms with E-state index in [0.717, 1.165) is 10.9 Å². The van der Waals surface area contributed by atoms with Crippen LogP contribution in [-0.4, -0.2) is 29.1 Å². The molecule has 122 valence electrons. The van der Waals surface area contributed by atoms with Gasteiger partial charge in [0, 0.05) is 13.3 Å². The highest BCUT2D eigenvalue weighted by molar-refractivity contribution is 5.90. The lowest BCUT2D eigenvalue weighted by Gasteiger charge is -2.03. The van der Waals surface area contributed by atoms with Gasteiger partial charge in [-0.3, -0.25) is 19.6 Å². The first kappa shape index (κ1) is 16.5. The van der Waals surface area contributed by atoms with Gasteiger partial charge in [0.05, 0.1) is 23.9 Å². The number of nitrogens with one attached hydrogen (secondary N) is 1. The van der Waals surface area contributed by atoms with Gasteiger partial charge in [0.15, 0.2) is 5.69 Å². The Morgan fingerprint density at radius 1 is 1.30 bits per heavy atom. The van der Waals surface area contributed by atoms with Crippen molar-refractivity contribution in [1.29, 1.82) is 0 Å². The number of ether oxygens (including phenoxy) is 1. The van der Waals surface area contributed by atoms with Crippen LogP contribution in [-0.2, 0) is 18.0 Å². The topological polar surface area (TPSA) is 76.4 Å². The zero-order chi connectivity index (χ0) is 17.2. The highest BCUT2D eigenvalue weighted by Gasteiger charge is 2.37. The zero-order valence-corrected chi connectivity index (χ0v) is 12.1. The lowest BCUT2D eigenvalue weighted by atomic mass is 10.2. The van der Waals surface area contributed by atoms with Gasteiger partial charge >= 0.3 is 12.1 Å². The predicted molar refractivity (Wildman–Crippen MR) is 76.1 cm³/mol. The van der Waals surface area contributed by atoms with Crippen LogP contribution in [0.2, 0.25) is 0 Å². The number of aryl methyl sites for hydroxylation is 1. The summed E-state index contributed by atoms with van der Waals surface area (Å²) in [6.07, 6.45) is -3.86. The van der Waals surface area contributed by atoms with E-state index in [0.29, 0.717) is 0 Å². The molecule has 0 aliphatic rings. The summed E-state index contributed by atoms with van der Waals surface area (Å²) in [6.45, 7) is 0. The van der Waals surface area contributed by atoms with Crippen LogP contribution in [0.15, 0.2) is 34.1 Å². The maximum absolute atomic E-state index is 12.9. The van der Waals surface area contributed by atoms with Gasteiger partial charge in [-0.2, -0.15) is 13.2 Å². The largest absolute Gasteiger partial charge is 0.465 e. The third kappa shape index (κ3) is 3.50. The lowest BCUT2D eigenvalue weighted by molar-refractivity contribution is -0.141. The molecule has 0 saturated heterocycles. The summed E-state index contributed by atoms with van der Waals surface area (Å²) in [6, 6.07) is 5.68. The second-order valence-corrected chi connectivity index (χ2v) is 4.56. The van der Waals surface area contributed by atoms with E-state index in [-0.39, 0.29) is 11.3 Å². The van der Waals surface area contributed by atoms with Crippen molar-refractivity contribution in [1.82, 2.24) is 9.78 Å². The van der Waals surface area contributed by atoms with Crippen molar-refractivity contribution in [3.05, 3.63) is 51.4 Å². The van der Waals surface area contributed by atoms with Crippen molar-refractivity contribution in [2.45, 2.75) is 6.18 Å². The van der Waals surface area contributed by atoms with Crippen LogP contribution < -0.4 is 5.56 Å². The predicted octanol–water partition coefficient (Wildman–Crippen LogP) is 2.27. The standard InChI is InChI=1S/C14H12F3N3O3/c1-20-12(21)10(11(19-20)14(15,16)17)7-18-9-5-3-8(4-6-9)13(22)23-2/h3-7,19H,1-2H3. The van der Waals surface area contributed by atoms with E-state index in [9.17, 15) is 22.8 Å². The Labute approximate surface area is 128 Å². The maximum Gasteiger partial charge on any atom is 0.433 e. The molecule has 1 aromatic carbocycles. The van der Waals surface area contributed by atoms with E-state index in [1.807, 2.05) is 5.10 Å². The number of H-pyrrole nitrogens is 1. The molecule has 0 spiro atoms. The summed E-state index contributed by atoms with van der Waals surface area (Å²) < 4.78 is 43.8. The minimum absolute atomic E-state index is 0.278. The molecule has 0 aliphatic carbocycles. The van der Waals surface area contributed by atoms with E-state index in [2.05, 4.69) is 9.73 Å². The third-order valence-corrected chi connectivity index (χ3v) is 3.00. The van der Waals surface area contributed by atoms with Crippen LogP contribution in [0, 0.1) is 0 Å². The molecule has 0 amide bonds. The first-order chi connectivity index (χ1) is 10.7. The highest BCUT2D eigenvalue weighted by atomic mass is 19.4. The molecule has 1 aromatic heterocycles. The van der Waals surface area contributed by atoms with Gasteiger partial charge in [-0.1, -0.05) is 0 Å². The van der Waals surface area contributed by atoms with Gasteiger partial charge in [0.2, 0.25) is 0 Å². The molecular weight excluding hydrogens is 315 g/mol. The fourth-order valence-corrected chi connectivity index (χ4v) is 1.84. The molecule has 1 N–H and O–H groups in total. The third-order valence-electron chi connectivity index (χ3n) is 3.00. The molecule has 2 rings (SSSR count). The molecule has 0 fully saturated rings. The summed E-state index contributed by atoms with van der Waals surface area (Å²) in [5.41, 5.74) is -2.03. The Bertz CT molecular complexity index is 801. The Morgan fingerprint density at radius 3 is 2.43 bits per heavy atom. The fraction of sp³-hybridized carbons (Fsp3) is 0.214. The Kier molecular flexibility index (Phi) is 4.39. The average Bonchev–Trinajstić information content (AvgIpc) is 2.80. The SMILES string of the molecule is COC(=O)c1ccc(N=Cc2c(C(F)(F)F)[nH]n(C)c2=O)cc1. The number of rotatable bonds is 3. The van der Waals surface area contributed by atoms with Crippen LogP contribution in [0.25, 0.3) is 0 Å². The minimum Gasteiger partial charge on any atom is -0.465 e. The molecule has 9 heteroatoms.